The molecule has 0 bridgehead atoms. The molecule has 0 amide bonds. The fourth-order valence-corrected chi connectivity index (χ4v) is 2.72. The molecule has 0 saturated heterocycles. The van der Waals surface area contributed by atoms with Crippen LogP contribution in [-0.4, -0.2) is 68.7 Å². The Kier molecular flexibility index (Phi) is 7.83. The van der Waals surface area contributed by atoms with E-state index < -0.39 is 37.1 Å². The van der Waals surface area contributed by atoms with Crippen LogP contribution in [0, 0.1) is 10.1 Å². The number of carboxylic acid groups (broad SMARTS) is 1. The number of nitro groups is 1. The van der Waals surface area contributed by atoms with Crippen molar-refractivity contribution < 1.29 is 27.8 Å². The summed E-state index contributed by atoms with van der Waals surface area (Å²) >= 11 is 0. The molecule has 0 aromatic heterocycles. The van der Waals surface area contributed by atoms with Crippen LogP contribution in [0.15, 0.2) is 29.2 Å². The second kappa shape index (κ2) is 8.82. The monoisotopic (exact) mass is 360 g/mol. The van der Waals surface area contributed by atoms with Gasteiger partial charge in [-0.25, -0.2) is 8.42 Å². The molecule has 0 atom stereocenters. The molecule has 0 unspecified atom stereocenters. The van der Waals surface area contributed by atoms with Gasteiger partial charge in [-0.15, -0.1) is 0 Å². The third-order valence-electron chi connectivity index (χ3n) is 2.62. The van der Waals surface area contributed by atoms with E-state index in [4.69, 9.17) is 5.73 Å². The van der Waals surface area contributed by atoms with Crippen LogP contribution < -0.4 is 10.8 Å². The third-order valence-corrected chi connectivity index (χ3v) is 4.25. The Hall–Kier alpha value is -2.69. The number of nitrogens with two attached hydrogens (primary N) is 1. The molecule has 0 heterocycles. The maximum Gasteiger partial charge on any atom is 0.344 e. The minimum Gasteiger partial charge on any atom is -0.549 e. The van der Waals surface area contributed by atoms with Crippen LogP contribution in [-0.2, 0) is 14.6 Å². The van der Waals surface area contributed by atoms with Gasteiger partial charge in [-0.3, -0.25) is 25.3 Å². The minimum atomic E-state index is -4.24. The van der Waals surface area contributed by atoms with Gasteiger partial charge in [-0.2, -0.15) is 0 Å². The summed E-state index contributed by atoms with van der Waals surface area (Å²) in [7, 11) is 3.41. The molecular weight excluding hydrogens is 340 g/mol. The van der Waals surface area contributed by atoms with Gasteiger partial charge in [0.15, 0.2) is 9.84 Å². The number of nitrogens with zero attached hydrogens (tertiary/aromatic N) is 3. The van der Waals surface area contributed by atoms with Crippen molar-refractivity contribution in [3.8, 4) is 0 Å². The van der Waals surface area contributed by atoms with Crippen molar-refractivity contribution in [2.45, 2.75) is 4.90 Å². The largest absolute Gasteiger partial charge is 0.549 e. The summed E-state index contributed by atoms with van der Waals surface area (Å²) in [5.41, 5.74) is 4.88. The molecular formula is C13H20N4O6S. The molecule has 0 aliphatic heterocycles. The molecule has 11 heteroatoms. The Morgan fingerprint density at radius 2 is 1.75 bits per heavy atom. The number of guanidine groups is 1. The summed E-state index contributed by atoms with van der Waals surface area (Å²) in [5, 5.41) is 20.7. The summed E-state index contributed by atoms with van der Waals surface area (Å²) in [4.78, 5) is 21.1. The van der Waals surface area contributed by atoms with Gasteiger partial charge in [0.2, 0.25) is 0 Å². The zero-order valence-corrected chi connectivity index (χ0v) is 14.6. The van der Waals surface area contributed by atoms with E-state index in [9.17, 15) is 28.4 Å². The van der Waals surface area contributed by atoms with Crippen molar-refractivity contribution >= 4 is 27.5 Å². The summed E-state index contributed by atoms with van der Waals surface area (Å²) in [6.45, 7) is 0. The minimum absolute atomic E-state index is 0.621. The summed E-state index contributed by atoms with van der Waals surface area (Å²) in [5.74, 6) is -2.32. The van der Waals surface area contributed by atoms with Crippen LogP contribution in [0.3, 0.4) is 0 Å². The van der Waals surface area contributed by atoms with Crippen LogP contribution in [0.4, 0.5) is 5.69 Å². The highest BCUT2D eigenvalue weighted by atomic mass is 32.2. The van der Waals surface area contributed by atoms with E-state index in [1.807, 2.05) is 37.7 Å². The quantitative estimate of drug-likeness (QED) is 0.218. The van der Waals surface area contributed by atoms with Crippen molar-refractivity contribution in [1.82, 2.24) is 4.90 Å². The normalized spacial score (nSPS) is 10.2. The highest BCUT2D eigenvalue weighted by Crippen LogP contribution is 2.23. The van der Waals surface area contributed by atoms with Gasteiger partial charge in [-0.1, -0.05) is 12.1 Å². The molecule has 0 fully saturated rings. The lowest BCUT2D eigenvalue weighted by atomic mass is 10.3. The van der Waals surface area contributed by atoms with E-state index in [0.717, 1.165) is 18.1 Å². The number of carboxylic acids is 1. The Balaban J connectivity index is 0.000000561. The van der Waals surface area contributed by atoms with Crippen LogP contribution in [0.5, 0.6) is 0 Å². The molecule has 0 saturated carbocycles. The number of para-hydroxylation sites is 1. The predicted octanol–water partition coefficient (Wildman–Crippen LogP) is -1.75. The zero-order valence-electron chi connectivity index (χ0n) is 13.8. The summed E-state index contributed by atoms with van der Waals surface area (Å²) in [6, 6.07) is 4.53. The smallest absolute Gasteiger partial charge is 0.344 e. The van der Waals surface area contributed by atoms with Crippen molar-refractivity contribution in [3.05, 3.63) is 34.4 Å². The molecule has 0 aliphatic carbocycles. The lowest BCUT2D eigenvalue weighted by molar-refractivity contribution is -0.470. The first-order valence-corrected chi connectivity index (χ1v) is 8.18. The van der Waals surface area contributed by atoms with Crippen LogP contribution >= 0.6 is 0 Å². The molecule has 134 valence electrons. The number of sulfone groups is 1. The van der Waals surface area contributed by atoms with E-state index in [2.05, 4.69) is 0 Å². The van der Waals surface area contributed by atoms with Crippen LogP contribution in [0.2, 0.25) is 0 Å². The van der Waals surface area contributed by atoms with Gasteiger partial charge >= 0.3 is 5.96 Å². The maximum atomic E-state index is 11.4. The zero-order chi connectivity index (χ0) is 19.1. The number of hydrogen-bond donors (Lipinski definition) is 1. The van der Waals surface area contributed by atoms with E-state index in [1.54, 1.807) is 0 Å². The predicted molar refractivity (Wildman–Crippen MR) is 85.1 cm³/mol. The number of carbonyl (C=O) groups is 1. The molecule has 1 rings (SSSR count). The first-order chi connectivity index (χ1) is 10.9. The van der Waals surface area contributed by atoms with Gasteiger partial charge in [0.1, 0.15) is 4.90 Å². The van der Waals surface area contributed by atoms with Crippen LogP contribution in [0.1, 0.15) is 0 Å². The second-order valence-corrected chi connectivity index (χ2v) is 6.96. The SMILES string of the molecule is CN(C)C(N)=[N+](C)C.O=C([O-])CS(=O)(=O)c1ccccc1[N+](=O)[O-]. The highest BCUT2D eigenvalue weighted by Gasteiger charge is 2.24. The third kappa shape index (κ3) is 6.60. The summed E-state index contributed by atoms with van der Waals surface area (Å²) < 4.78 is 24.7. The Morgan fingerprint density at radius 3 is 2.08 bits per heavy atom. The first kappa shape index (κ1) is 21.3. The fourth-order valence-electron chi connectivity index (χ4n) is 1.50. The maximum absolute atomic E-state index is 11.4. The Labute approximate surface area is 139 Å². The van der Waals surface area contributed by atoms with Crippen molar-refractivity contribution in [1.29, 1.82) is 0 Å². The first-order valence-electron chi connectivity index (χ1n) is 6.53. The topological polar surface area (TPSA) is 150 Å². The van der Waals surface area contributed by atoms with Gasteiger partial charge < -0.3 is 9.90 Å². The van der Waals surface area contributed by atoms with Gasteiger partial charge in [0, 0.05) is 6.07 Å². The second-order valence-electron chi connectivity index (χ2n) is 5.00. The van der Waals surface area contributed by atoms with Crippen molar-refractivity contribution in [2.24, 2.45) is 5.73 Å². The molecule has 1 aromatic carbocycles. The number of rotatable bonds is 4. The van der Waals surface area contributed by atoms with Crippen molar-refractivity contribution in [2.75, 3.05) is 33.9 Å². The lowest BCUT2D eigenvalue weighted by Gasteiger charge is -2.05. The van der Waals surface area contributed by atoms with E-state index in [-0.39, 0.29) is 0 Å². The molecule has 0 spiro atoms. The van der Waals surface area contributed by atoms with Gasteiger partial charge in [-0.05, 0) is 6.07 Å². The average Bonchev–Trinajstić information content (AvgIpc) is 2.45. The molecule has 0 aliphatic rings. The van der Waals surface area contributed by atoms with E-state index >= 15 is 0 Å². The average molecular weight is 360 g/mol. The molecule has 0 radical (unpaired) electrons. The Morgan fingerprint density at radius 1 is 1.25 bits per heavy atom. The molecule has 24 heavy (non-hydrogen) atoms. The van der Waals surface area contributed by atoms with Crippen LogP contribution in [0.25, 0.3) is 0 Å². The van der Waals surface area contributed by atoms with E-state index in [1.165, 1.54) is 12.1 Å². The molecule has 2 N–H and O–H groups in total. The Bertz CT molecular complexity index is 739. The van der Waals surface area contributed by atoms with E-state index in [0.29, 0.717) is 0 Å². The standard InChI is InChI=1S/C8H7NO6S.C5H13N3/c10-8(11)5-16(14,15)7-4-2-1-3-6(7)9(12)13;1-7(2)5(6)8(3)4/h1-4H,5H2,(H,10,11);6H,1-4H3. The van der Waals surface area contributed by atoms with Gasteiger partial charge in [0.05, 0.1) is 44.8 Å². The van der Waals surface area contributed by atoms with Crippen molar-refractivity contribution in [3.63, 3.8) is 0 Å². The number of carbonyl (C=O) groups excluding carboxylic acids is 1. The molecule has 10 nitrogen and oxygen atoms in total. The lowest BCUT2D eigenvalue weighted by Crippen LogP contribution is -2.36. The highest BCUT2D eigenvalue weighted by molar-refractivity contribution is 7.92. The summed E-state index contributed by atoms with van der Waals surface area (Å²) in [6.07, 6.45) is 0. The number of nitro benzene ring substituents is 1. The fraction of sp³-hybridized carbons (Fsp3) is 0.385. The number of benzene rings is 1. The van der Waals surface area contributed by atoms with Gasteiger partial charge in [0.25, 0.3) is 5.69 Å². The number of hydrogen-bond acceptors (Lipinski definition) is 6. The molecule has 1 aromatic rings. The number of aliphatic carboxylic acids is 1.